The molecule has 1 N–H and O–H groups in total. The number of carbonyl (C=O) groups is 2. The summed E-state index contributed by atoms with van der Waals surface area (Å²) < 4.78 is 23.3. The number of ether oxygens (including phenoxy) is 2. The van der Waals surface area contributed by atoms with E-state index in [2.05, 4.69) is 21.2 Å². The molecule has 0 bridgehead atoms. The number of anilines is 1. The molecule has 6 nitrogen and oxygen atoms in total. The Balaban J connectivity index is 2.29. The van der Waals surface area contributed by atoms with Gasteiger partial charge in [-0.1, -0.05) is 0 Å². The smallest absolute Gasteiger partial charge is 0.350 e. The first kappa shape index (κ1) is 16.0. The third kappa shape index (κ3) is 3.26. The second-order valence-electron chi connectivity index (χ2n) is 4.80. The molecule has 1 aromatic rings. The molecule has 1 saturated heterocycles. The molecule has 0 spiro atoms. The Hall–Kier alpha value is -2.40. The maximum absolute atomic E-state index is 13.4. The fraction of sp³-hybridized carbons (Fsp3) is 0.214. The van der Waals surface area contributed by atoms with Gasteiger partial charge in [-0.2, -0.15) is 5.26 Å². The van der Waals surface area contributed by atoms with Crippen LogP contribution >= 0.6 is 15.9 Å². The first-order valence-electron chi connectivity index (χ1n) is 6.06. The summed E-state index contributed by atoms with van der Waals surface area (Å²) in [6.45, 7) is 2.86. The Kier molecular flexibility index (Phi) is 4.19. The number of nitrogens with one attached hydrogen (secondary N) is 1. The van der Waals surface area contributed by atoms with E-state index in [0.29, 0.717) is 0 Å². The Labute approximate surface area is 133 Å². The van der Waals surface area contributed by atoms with Gasteiger partial charge in [-0.25, -0.2) is 14.0 Å². The van der Waals surface area contributed by atoms with E-state index in [1.807, 2.05) is 0 Å². The lowest BCUT2D eigenvalue weighted by Gasteiger charge is -2.29. The number of nitriles is 1. The Bertz CT molecular complexity index is 715. The largest absolute Gasteiger partial charge is 0.419 e. The molecule has 114 valence electrons. The van der Waals surface area contributed by atoms with Crippen molar-refractivity contribution in [3.05, 3.63) is 39.8 Å². The van der Waals surface area contributed by atoms with Crippen molar-refractivity contribution < 1.29 is 23.5 Å². The molecule has 2 rings (SSSR count). The summed E-state index contributed by atoms with van der Waals surface area (Å²) in [5.74, 6) is -3.64. The monoisotopic (exact) mass is 368 g/mol. The molecule has 0 radical (unpaired) electrons. The number of esters is 2. The Morgan fingerprint density at radius 1 is 1.32 bits per heavy atom. The number of benzene rings is 1. The molecular weight excluding hydrogens is 359 g/mol. The van der Waals surface area contributed by atoms with Crippen LogP contribution in [0.1, 0.15) is 19.4 Å². The summed E-state index contributed by atoms with van der Waals surface area (Å²) in [5.41, 5.74) is -0.132. The highest BCUT2D eigenvalue weighted by molar-refractivity contribution is 9.10. The van der Waals surface area contributed by atoms with E-state index in [4.69, 9.17) is 14.7 Å². The first-order chi connectivity index (χ1) is 10.2. The van der Waals surface area contributed by atoms with E-state index in [-0.39, 0.29) is 21.3 Å². The van der Waals surface area contributed by atoms with Gasteiger partial charge in [-0.05, 0) is 28.1 Å². The van der Waals surface area contributed by atoms with Crippen molar-refractivity contribution >= 4 is 33.6 Å². The summed E-state index contributed by atoms with van der Waals surface area (Å²) in [6.07, 6.45) is 1.06. The van der Waals surface area contributed by atoms with E-state index in [1.54, 1.807) is 6.07 Å². The number of cyclic esters (lactones) is 2. The number of halogens is 2. The van der Waals surface area contributed by atoms with Crippen LogP contribution in [0.4, 0.5) is 10.1 Å². The van der Waals surface area contributed by atoms with Crippen LogP contribution in [0, 0.1) is 17.1 Å². The van der Waals surface area contributed by atoms with Gasteiger partial charge in [0.05, 0.1) is 15.7 Å². The lowest BCUT2D eigenvalue weighted by Crippen LogP contribution is -2.42. The fourth-order valence-electron chi connectivity index (χ4n) is 1.69. The average Bonchev–Trinajstić information content (AvgIpc) is 2.40. The van der Waals surface area contributed by atoms with Crippen LogP contribution in [0.15, 0.2) is 28.4 Å². The van der Waals surface area contributed by atoms with E-state index < -0.39 is 23.5 Å². The standard InChI is InChI=1S/C14H10BrFN2O4/c1-14(2)21-12(19)8(13(20)22-14)6-18-11-4-9(15)10(16)3-7(11)5-17/h3-4,6,18H,1-2H3. The molecule has 0 saturated carbocycles. The molecule has 8 heteroatoms. The number of nitrogens with zero attached hydrogens (tertiary/aromatic N) is 1. The summed E-state index contributed by atoms with van der Waals surface area (Å²) in [5, 5.41) is 11.6. The van der Waals surface area contributed by atoms with Gasteiger partial charge in [0, 0.05) is 20.0 Å². The van der Waals surface area contributed by atoms with Gasteiger partial charge in [0.25, 0.3) is 5.79 Å². The van der Waals surface area contributed by atoms with Gasteiger partial charge in [0.15, 0.2) is 5.57 Å². The van der Waals surface area contributed by atoms with E-state index >= 15 is 0 Å². The molecule has 1 fully saturated rings. The van der Waals surface area contributed by atoms with E-state index in [9.17, 15) is 14.0 Å². The molecule has 1 aliphatic rings. The predicted molar refractivity (Wildman–Crippen MR) is 76.8 cm³/mol. The predicted octanol–water partition coefficient (Wildman–Crippen LogP) is 2.59. The highest BCUT2D eigenvalue weighted by Gasteiger charge is 2.38. The van der Waals surface area contributed by atoms with Crippen molar-refractivity contribution in [3.63, 3.8) is 0 Å². The molecule has 1 aliphatic heterocycles. The lowest BCUT2D eigenvalue weighted by atomic mass is 10.2. The zero-order valence-corrected chi connectivity index (χ0v) is 13.2. The third-order valence-electron chi connectivity index (χ3n) is 2.67. The lowest BCUT2D eigenvalue weighted by molar-refractivity contribution is -0.222. The van der Waals surface area contributed by atoms with Crippen molar-refractivity contribution in [2.45, 2.75) is 19.6 Å². The van der Waals surface area contributed by atoms with Crippen LogP contribution in [0.2, 0.25) is 0 Å². The van der Waals surface area contributed by atoms with E-state index in [0.717, 1.165) is 12.3 Å². The van der Waals surface area contributed by atoms with Crippen molar-refractivity contribution in [3.8, 4) is 6.07 Å². The number of hydrogen-bond acceptors (Lipinski definition) is 6. The minimum atomic E-state index is -1.33. The summed E-state index contributed by atoms with van der Waals surface area (Å²) >= 11 is 2.99. The highest BCUT2D eigenvalue weighted by Crippen LogP contribution is 2.26. The number of hydrogen-bond donors (Lipinski definition) is 1. The first-order valence-corrected chi connectivity index (χ1v) is 6.85. The van der Waals surface area contributed by atoms with Crippen LogP contribution in [-0.2, 0) is 19.1 Å². The number of carbonyl (C=O) groups excluding carboxylic acids is 2. The van der Waals surface area contributed by atoms with Crippen LogP contribution < -0.4 is 5.32 Å². The van der Waals surface area contributed by atoms with Crippen molar-refractivity contribution in [1.82, 2.24) is 0 Å². The molecule has 1 heterocycles. The normalized spacial score (nSPS) is 16.4. The maximum atomic E-state index is 13.4. The SMILES string of the molecule is CC1(C)OC(=O)C(=CNc2cc(Br)c(F)cc2C#N)C(=O)O1. The molecule has 0 aliphatic carbocycles. The molecule has 22 heavy (non-hydrogen) atoms. The molecule has 1 aromatic carbocycles. The fourth-order valence-corrected chi connectivity index (χ4v) is 2.03. The van der Waals surface area contributed by atoms with Crippen molar-refractivity contribution in [2.75, 3.05) is 5.32 Å². The zero-order chi connectivity index (χ0) is 16.5. The molecule has 0 atom stereocenters. The Morgan fingerprint density at radius 3 is 2.45 bits per heavy atom. The van der Waals surface area contributed by atoms with Crippen molar-refractivity contribution in [2.24, 2.45) is 0 Å². The second kappa shape index (κ2) is 5.77. The average molecular weight is 369 g/mol. The molecule has 0 aromatic heterocycles. The molecular formula is C14H10BrFN2O4. The molecule has 0 amide bonds. The Morgan fingerprint density at radius 2 is 1.91 bits per heavy atom. The van der Waals surface area contributed by atoms with Gasteiger partial charge < -0.3 is 14.8 Å². The summed E-state index contributed by atoms with van der Waals surface area (Å²) in [4.78, 5) is 23.5. The zero-order valence-electron chi connectivity index (χ0n) is 11.6. The highest BCUT2D eigenvalue weighted by atomic mass is 79.9. The van der Waals surface area contributed by atoms with Crippen LogP contribution in [0.25, 0.3) is 0 Å². The number of rotatable bonds is 2. The van der Waals surface area contributed by atoms with Gasteiger partial charge in [-0.3, -0.25) is 0 Å². The minimum Gasteiger partial charge on any atom is -0.419 e. The van der Waals surface area contributed by atoms with Crippen molar-refractivity contribution in [1.29, 1.82) is 5.26 Å². The van der Waals surface area contributed by atoms with E-state index in [1.165, 1.54) is 19.9 Å². The van der Waals surface area contributed by atoms with Gasteiger partial charge in [-0.15, -0.1) is 0 Å². The van der Waals surface area contributed by atoms with Gasteiger partial charge in [0.2, 0.25) is 0 Å². The third-order valence-corrected chi connectivity index (χ3v) is 3.28. The van der Waals surface area contributed by atoms with Gasteiger partial charge >= 0.3 is 11.9 Å². The van der Waals surface area contributed by atoms with Gasteiger partial charge in [0.1, 0.15) is 11.9 Å². The van der Waals surface area contributed by atoms with Crippen LogP contribution in [0.3, 0.4) is 0 Å². The topological polar surface area (TPSA) is 88.4 Å². The van der Waals surface area contributed by atoms with Crippen LogP contribution in [-0.4, -0.2) is 17.7 Å². The summed E-state index contributed by atoms with van der Waals surface area (Å²) in [6, 6.07) is 4.14. The second-order valence-corrected chi connectivity index (χ2v) is 5.66. The van der Waals surface area contributed by atoms with Crippen LogP contribution in [0.5, 0.6) is 0 Å². The molecule has 0 unspecified atom stereocenters. The maximum Gasteiger partial charge on any atom is 0.350 e. The summed E-state index contributed by atoms with van der Waals surface area (Å²) in [7, 11) is 0. The minimum absolute atomic E-state index is 0.00965. The quantitative estimate of drug-likeness (QED) is 0.490.